The maximum Gasteiger partial charge on any atom is 0.196 e. The molecule has 20 heavy (non-hydrogen) atoms. The summed E-state index contributed by atoms with van der Waals surface area (Å²) in [7, 11) is 0. The van der Waals surface area contributed by atoms with E-state index in [4.69, 9.17) is 9.15 Å². The lowest BCUT2D eigenvalue weighted by atomic mass is 9.96. The number of carbonyl (C=O) groups is 1. The average molecular weight is 270 g/mol. The molecule has 0 atom stereocenters. The second-order valence-electron chi connectivity index (χ2n) is 5.32. The van der Waals surface area contributed by atoms with Gasteiger partial charge in [0.15, 0.2) is 5.78 Å². The lowest BCUT2D eigenvalue weighted by Crippen LogP contribution is -2.10. The van der Waals surface area contributed by atoms with Gasteiger partial charge in [0.25, 0.3) is 0 Å². The van der Waals surface area contributed by atoms with Crippen molar-refractivity contribution in [3.8, 4) is 5.75 Å². The second-order valence-corrected chi connectivity index (χ2v) is 5.32. The summed E-state index contributed by atoms with van der Waals surface area (Å²) in [6.45, 7) is 6.43. The molecule has 3 heteroatoms. The first kappa shape index (κ1) is 13.0. The van der Waals surface area contributed by atoms with Crippen molar-refractivity contribution in [2.45, 2.75) is 33.6 Å². The van der Waals surface area contributed by atoms with E-state index in [0.29, 0.717) is 16.9 Å². The van der Waals surface area contributed by atoms with Crippen molar-refractivity contribution in [2.75, 3.05) is 6.61 Å². The lowest BCUT2D eigenvalue weighted by molar-refractivity contribution is 0.103. The molecule has 0 unspecified atom stereocenters. The van der Waals surface area contributed by atoms with Crippen LogP contribution in [-0.2, 0) is 6.42 Å². The predicted octanol–water partition coefficient (Wildman–Crippen LogP) is 3.76. The molecule has 1 aliphatic rings. The first-order chi connectivity index (χ1) is 9.58. The van der Waals surface area contributed by atoms with Crippen LogP contribution in [0.15, 0.2) is 22.6 Å². The summed E-state index contributed by atoms with van der Waals surface area (Å²) in [5.74, 6) is 2.45. The van der Waals surface area contributed by atoms with Crippen LogP contribution in [0.1, 0.15) is 45.0 Å². The minimum Gasteiger partial charge on any atom is -0.493 e. The Hall–Kier alpha value is -2.03. The van der Waals surface area contributed by atoms with E-state index < -0.39 is 0 Å². The fraction of sp³-hybridized carbons (Fsp3) is 0.353. The quantitative estimate of drug-likeness (QED) is 0.780. The Morgan fingerprint density at radius 2 is 1.95 bits per heavy atom. The summed E-state index contributed by atoms with van der Waals surface area (Å²) in [4.78, 5) is 12.7. The van der Waals surface area contributed by atoms with Gasteiger partial charge in [0, 0.05) is 11.1 Å². The zero-order chi connectivity index (χ0) is 14.3. The molecular formula is C17H18O3. The smallest absolute Gasteiger partial charge is 0.196 e. The van der Waals surface area contributed by atoms with E-state index in [9.17, 15) is 4.79 Å². The molecule has 0 saturated carbocycles. The van der Waals surface area contributed by atoms with Gasteiger partial charge < -0.3 is 9.15 Å². The van der Waals surface area contributed by atoms with Crippen molar-refractivity contribution in [3.05, 3.63) is 52.0 Å². The molecule has 0 N–H and O–H groups in total. The van der Waals surface area contributed by atoms with Crippen molar-refractivity contribution in [1.29, 1.82) is 0 Å². The van der Waals surface area contributed by atoms with Gasteiger partial charge in [-0.25, -0.2) is 0 Å². The summed E-state index contributed by atoms with van der Waals surface area (Å²) >= 11 is 0. The van der Waals surface area contributed by atoms with E-state index in [1.54, 1.807) is 0 Å². The van der Waals surface area contributed by atoms with Crippen molar-refractivity contribution in [1.82, 2.24) is 0 Å². The fourth-order valence-corrected chi connectivity index (χ4v) is 2.77. The largest absolute Gasteiger partial charge is 0.493 e. The number of ether oxygens (including phenoxy) is 1. The SMILES string of the molecule is Cc1oc(C)c(C(=O)c2ccc3c(c2)CCCO3)c1C. The highest BCUT2D eigenvalue weighted by molar-refractivity contribution is 6.10. The fourth-order valence-electron chi connectivity index (χ4n) is 2.77. The molecule has 1 aromatic carbocycles. The lowest BCUT2D eigenvalue weighted by Gasteiger charge is -2.17. The van der Waals surface area contributed by atoms with Crippen LogP contribution in [-0.4, -0.2) is 12.4 Å². The standard InChI is InChI=1S/C17H18O3/c1-10-11(2)20-12(3)16(10)17(18)14-6-7-15-13(9-14)5-4-8-19-15/h6-7,9H,4-5,8H2,1-3H3. The first-order valence-electron chi connectivity index (χ1n) is 6.95. The molecule has 104 valence electrons. The minimum absolute atomic E-state index is 0.0326. The Labute approximate surface area is 118 Å². The molecule has 0 fully saturated rings. The van der Waals surface area contributed by atoms with Gasteiger partial charge in [-0.1, -0.05) is 0 Å². The van der Waals surface area contributed by atoms with Gasteiger partial charge in [-0.05, 0) is 57.4 Å². The number of fused-ring (bicyclic) bond motifs is 1. The van der Waals surface area contributed by atoms with Crippen LogP contribution in [0.3, 0.4) is 0 Å². The molecule has 0 bridgehead atoms. The van der Waals surface area contributed by atoms with Gasteiger partial charge in [-0.3, -0.25) is 4.79 Å². The van der Waals surface area contributed by atoms with Gasteiger partial charge in [-0.15, -0.1) is 0 Å². The first-order valence-corrected chi connectivity index (χ1v) is 6.95. The van der Waals surface area contributed by atoms with Crippen molar-refractivity contribution < 1.29 is 13.9 Å². The van der Waals surface area contributed by atoms with Gasteiger partial charge in [0.05, 0.1) is 12.2 Å². The molecule has 0 amide bonds. The van der Waals surface area contributed by atoms with Gasteiger partial charge in [-0.2, -0.15) is 0 Å². The zero-order valence-corrected chi connectivity index (χ0v) is 12.1. The zero-order valence-electron chi connectivity index (χ0n) is 12.1. The Morgan fingerprint density at radius 3 is 2.65 bits per heavy atom. The number of hydrogen-bond donors (Lipinski definition) is 0. The number of rotatable bonds is 2. The molecule has 0 radical (unpaired) electrons. The van der Waals surface area contributed by atoms with Crippen LogP contribution in [0.2, 0.25) is 0 Å². The molecule has 1 aliphatic heterocycles. The maximum atomic E-state index is 12.7. The molecule has 0 spiro atoms. The maximum absolute atomic E-state index is 12.7. The minimum atomic E-state index is 0.0326. The normalized spacial score (nSPS) is 13.8. The number of hydrogen-bond acceptors (Lipinski definition) is 3. The van der Waals surface area contributed by atoms with E-state index in [1.165, 1.54) is 0 Å². The molecule has 2 aromatic rings. The van der Waals surface area contributed by atoms with Crippen LogP contribution < -0.4 is 4.74 Å². The number of benzene rings is 1. The molecule has 0 saturated heterocycles. The van der Waals surface area contributed by atoms with Gasteiger partial charge in [0.2, 0.25) is 0 Å². The van der Waals surface area contributed by atoms with E-state index >= 15 is 0 Å². The van der Waals surface area contributed by atoms with E-state index in [0.717, 1.165) is 42.1 Å². The molecule has 1 aromatic heterocycles. The highest BCUT2D eigenvalue weighted by Crippen LogP contribution is 2.28. The monoisotopic (exact) mass is 270 g/mol. The summed E-state index contributed by atoms with van der Waals surface area (Å²) < 4.78 is 11.1. The van der Waals surface area contributed by atoms with Gasteiger partial charge >= 0.3 is 0 Å². The number of furan rings is 1. The Balaban J connectivity index is 2.02. The highest BCUT2D eigenvalue weighted by Gasteiger charge is 2.21. The topological polar surface area (TPSA) is 39.4 Å². The number of ketones is 1. The molecule has 3 nitrogen and oxygen atoms in total. The Kier molecular flexibility index (Phi) is 3.13. The summed E-state index contributed by atoms with van der Waals surface area (Å²) in [6, 6.07) is 5.70. The average Bonchev–Trinajstić information content (AvgIpc) is 2.71. The number of aryl methyl sites for hydroxylation is 3. The van der Waals surface area contributed by atoms with Crippen LogP contribution >= 0.6 is 0 Å². The van der Waals surface area contributed by atoms with Crippen molar-refractivity contribution >= 4 is 5.78 Å². The highest BCUT2D eigenvalue weighted by atomic mass is 16.5. The molecule has 2 heterocycles. The van der Waals surface area contributed by atoms with E-state index in [2.05, 4.69) is 0 Å². The molecule has 3 rings (SSSR count). The molecule has 0 aliphatic carbocycles. The molecular weight excluding hydrogens is 252 g/mol. The summed E-state index contributed by atoms with van der Waals surface area (Å²) in [5.41, 5.74) is 3.46. The van der Waals surface area contributed by atoms with Crippen molar-refractivity contribution in [2.24, 2.45) is 0 Å². The van der Waals surface area contributed by atoms with E-state index in [1.807, 2.05) is 39.0 Å². The third kappa shape index (κ3) is 2.03. The predicted molar refractivity (Wildman–Crippen MR) is 76.6 cm³/mol. The van der Waals surface area contributed by atoms with E-state index in [-0.39, 0.29) is 5.78 Å². The van der Waals surface area contributed by atoms with Crippen LogP contribution in [0.25, 0.3) is 0 Å². The third-order valence-corrected chi connectivity index (χ3v) is 3.96. The third-order valence-electron chi connectivity index (χ3n) is 3.96. The summed E-state index contributed by atoms with van der Waals surface area (Å²) in [5, 5.41) is 0. The van der Waals surface area contributed by atoms with Gasteiger partial charge in [0.1, 0.15) is 17.3 Å². The summed E-state index contributed by atoms with van der Waals surface area (Å²) in [6.07, 6.45) is 1.98. The Bertz CT molecular complexity index is 680. The van der Waals surface area contributed by atoms with Crippen LogP contribution in [0, 0.1) is 20.8 Å². The Morgan fingerprint density at radius 1 is 1.15 bits per heavy atom. The van der Waals surface area contributed by atoms with Crippen molar-refractivity contribution in [3.63, 3.8) is 0 Å². The van der Waals surface area contributed by atoms with Crippen LogP contribution in [0.5, 0.6) is 5.75 Å². The second kappa shape index (κ2) is 4.82. The number of carbonyl (C=O) groups excluding carboxylic acids is 1. The van der Waals surface area contributed by atoms with Crippen LogP contribution in [0.4, 0.5) is 0 Å².